The van der Waals surface area contributed by atoms with Gasteiger partial charge in [-0.3, -0.25) is 9.48 Å². The van der Waals surface area contributed by atoms with Crippen molar-refractivity contribution in [3.05, 3.63) is 47.4 Å². The second-order valence-electron chi connectivity index (χ2n) is 5.47. The molecule has 0 atom stereocenters. The number of methoxy groups -OCH3 is 1. The number of aryl methyl sites for hydroxylation is 1. The minimum absolute atomic E-state index is 0.225. The van der Waals surface area contributed by atoms with Crippen molar-refractivity contribution in [2.75, 3.05) is 20.3 Å². The number of rotatable bonds is 8. The lowest BCUT2D eigenvalue weighted by atomic mass is 10.3. The van der Waals surface area contributed by atoms with Crippen molar-refractivity contribution in [2.24, 2.45) is 7.05 Å². The van der Waals surface area contributed by atoms with Gasteiger partial charge < -0.3 is 14.8 Å². The van der Waals surface area contributed by atoms with Crippen LogP contribution in [0.3, 0.4) is 0 Å². The van der Waals surface area contributed by atoms with E-state index in [1.807, 2.05) is 19.3 Å². The van der Waals surface area contributed by atoms with E-state index in [-0.39, 0.29) is 5.91 Å². The summed E-state index contributed by atoms with van der Waals surface area (Å²) in [4.78, 5) is 20.8. The van der Waals surface area contributed by atoms with Gasteiger partial charge in [0.1, 0.15) is 17.3 Å². The number of amides is 1. The van der Waals surface area contributed by atoms with E-state index >= 15 is 0 Å². The predicted molar refractivity (Wildman–Crippen MR) is 97.1 cm³/mol. The third-order valence-corrected chi connectivity index (χ3v) is 4.37. The molecule has 1 N–H and O–H groups in total. The van der Waals surface area contributed by atoms with Gasteiger partial charge in [0.25, 0.3) is 5.91 Å². The Bertz CT molecular complexity index is 859. The molecule has 3 heterocycles. The lowest BCUT2D eigenvalue weighted by Crippen LogP contribution is -2.23. The SMILES string of the molecule is COCCOc1ccc(CNC(=O)c2csc(-c3cnn(C)c3)n2)cn1. The molecule has 3 aromatic rings. The molecule has 0 unspecified atom stereocenters. The Balaban J connectivity index is 1.53. The third kappa shape index (κ3) is 4.64. The fourth-order valence-corrected chi connectivity index (χ4v) is 2.92. The van der Waals surface area contributed by atoms with Gasteiger partial charge in [0.05, 0.1) is 12.8 Å². The molecule has 0 aliphatic rings. The summed E-state index contributed by atoms with van der Waals surface area (Å²) in [6.07, 6.45) is 5.26. The van der Waals surface area contributed by atoms with Crippen LogP contribution in [0.25, 0.3) is 10.6 Å². The molecular formula is C17H19N5O3S. The monoisotopic (exact) mass is 373 g/mol. The number of aromatic nitrogens is 4. The number of ether oxygens (including phenoxy) is 2. The van der Waals surface area contributed by atoms with Crippen LogP contribution in [0, 0.1) is 0 Å². The summed E-state index contributed by atoms with van der Waals surface area (Å²) in [5, 5.41) is 9.46. The minimum atomic E-state index is -0.225. The molecular weight excluding hydrogens is 354 g/mol. The van der Waals surface area contributed by atoms with Gasteiger partial charge in [-0.2, -0.15) is 5.10 Å². The quantitative estimate of drug-likeness (QED) is 0.607. The summed E-state index contributed by atoms with van der Waals surface area (Å²) in [6, 6.07) is 3.62. The number of nitrogens with one attached hydrogen (secondary N) is 1. The molecule has 0 aliphatic heterocycles. The molecule has 3 rings (SSSR count). The van der Waals surface area contributed by atoms with Crippen LogP contribution in [-0.2, 0) is 18.3 Å². The zero-order valence-electron chi connectivity index (χ0n) is 14.5. The number of carbonyl (C=O) groups excluding carboxylic acids is 1. The van der Waals surface area contributed by atoms with Crippen LogP contribution < -0.4 is 10.1 Å². The van der Waals surface area contributed by atoms with E-state index in [1.165, 1.54) is 11.3 Å². The Labute approximate surface area is 154 Å². The highest BCUT2D eigenvalue weighted by atomic mass is 32.1. The van der Waals surface area contributed by atoms with Crippen LogP contribution in [0.15, 0.2) is 36.1 Å². The van der Waals surface area contributed by atoms with Crippen molar-refractivity contribution < 1.29 is 14.3 Å². The number of thiazole rings is 1. The summed E-state index contributed by atoms with van der Waals surface area (Å²) >= 11 is 1.41. The number of carbonyl (C=O) groups is 1. The fourth-order valence-electron chi connectivity index (χ4n) is 2.15. The molecule has 0 spiro atoms. The summed E-state index contributed by atoms with van der Waals surface area (Å²) in [6.45, 7) is 1.32. The van der Waals surface area contributed by atoms with E-state index in [9.17, 15) is 4.79 Å². The molecule has 3 aromatic heterocycles. The summed E-state index contributed by atoms with van der Waals surface area (Å²) < 4.78 is 12.0. The van der Waals surface area contributed by atoms with Gasteiger partial charge in [-0.25, -0.2) is 9.97 Å². The van der Waals surface area contributed by atoms with Crippen LogP contribution in [0.1, 0.15) is 16.1 Å². The molecule has 136 valence electrons. The highest BCUT2D eigenvalue weighted by molar-refractivity contribution is 7.13. The van der Waals surface area contributed by atoms with E-state index in [0.717, 1.165) is 16.1 Å². The van der Waals surface area contributed by atoms with E-state index in [4.69, 9.17) is 9.47 Å². The van der Waals surface area contributed by atoms with Crippen molar-refractivity contribution in [3.8, 4) is 16.5 Å². The first kappa shape index (κ1) is 18.0. The van der Waals surface area contributed by atoms with E-state index < -0.39 is 0 Å². The normalized spacial score (nSPS) is 10.7. The summed E-state index contributed by atoms with van der Waals surface area (Å²) in [5.74, 6) is 0.301. The maximum Gasteiger partial charge on any atom is 0.271 e. The fraction of sp³-hybridized carbons (Fsp3) is 0.294. The van der Waals surface area contributed by atoms with Gasteiger partial charge in [-0.1, -0.05) is 6.07 Å². The first-order valence-corrected chi connectivity index (χ1v) is 8.83. The summed E-state index contributed by atoms with van der Waals surface area (Å²) in [7, 11) is 3.46. The van der Waals surface area contributed by atoms with Gasteiger partial charge in [0, 0.05) is 50.1 Å². The van der Waals surface area contributed by atoms with Crippen LogP contribution in [0.5, 0.6) is 5.88 Å². The topological polar surface area (TPSA) is 91.2 Å². The second kappa shape index (κ2) is 8.54. The maximum absolute atomic E-state index is 12.3. The molecule has 9 heteroatoms. The van der Waals surface area contributed by atoms with Gasteiger partial charge in [-0.05, 0) is 5.56 Å². The number of hydrogen-bond acceptors (Lipinski definition) is 7. The lowest BCUT2D eigenvalue weighted by Gasteiger charge is -2.06. The molecule has 0 aromatic carbocycles. The lowest BCUT2D eigenvalue weighted by molar-refractivity contribution is 0.0946. The van der Waals surface area contributed by atoms with Crippen molar-refractivity contribution in [3.63, 3.8) is 0 Å². The van der Waals surface area contributed by atoms with Gasteiger partial charge in [0.15, 0.2) is 0 Å². The molecule has 8 nitrogen and oxygen atoms in total. The Morgan fingerprint density at radius 3 is 2.88 bits per heavy atom. The predicted octanol–water partition coefficient (Wildman–Crippen LogP) is 1.89. The average molecular weight is 373 g/mol. The van der Waals surface area contributed by atoms with Crippen molar-refractivity contribution >= 4 is 17.2 Å². The number of nitrogens with zero attached hydrogens (tertiary/aromatic N) is 4. The average Bonchev–Trinajstić information content (AvgIpc) is 3.30. The molecule has 0 bridgehead atoms. The second-order valence-corrected chi connectivity index (χ2v) is 6.33. The molecule has 0 aliphatic carbocycles. The van der Waals surface area contributed by atoms with Crippen LogP contribution in [0.2, 0.25) is 0 Å². The van der Waals surface area contributed by atoms with Gasteiger partial charge in [-0.15, -0.1) is 11.3 Å². The maximum atomic E-state index is 12.3. The summed E-state index contributed by atoms with van der Waals surface area (Å²) in [5.41, 5.74) is 2.16. The minimum Gasteiger partial charge on any atom is -0.475 e. The third-order valence-electron chi connectivity index (χ3n) is 3.48. The first-order chi connectivity index (χ1) is 12.7. The number of hydrogen-bond donors (Lipinski definition) is 1. The van der Waals surface area contributed by atoms with Crippen LogP contribution in [-0.4, -0.2) is 46.0 Å². The first-order valence-electron chi connectivity index (χ1n) is 7.95. The molecule has 1 amide bonds. The van der Waals surface area contributed by atoms with Crippen molar-refractivity contribution in [1.29, 1.82) is 0 Å². The Morgan fingerprint density at radius 2 is 2.19 bits per heavy atom. The molecule has 0 saturated carbocycles. The van der Waals surface area contributed by atoms with Gasteiger partial charge in [0.2, 0.25) is 5.88 Å². The Hall–Kier alpha value is -2.78. The Morgan fingerprint density at radius 1 is 1.31 bits per heavy atom. The van der Waals surface area contributed by atoms with E-state index in [1.54, 1.807) is 35.6 Å². The largest absolute Gasteiger partial charge is 0.475 e. The number of pyridine rings is 1. The van der Waals surface area contributed by atoms with Crippen LogP contribution >= 0.6 is 11.3 Å². The molecule has 0 radical (unpaired) electrons. The van der Waals surface area contributed by atoms with E-state index in [2.05, 4.69) is 20.4 Å². The van der Waals surface area contributed by atoms with Crippen LogP contribution in [0.4, 0.5) is 0 Å². The van der Waals surface area contributed by atoms with Gasteiger partial charge >= 0.3 is 0 Å². The van der Waals surface area contributed by atoms with E-state index in [0.29, 0.717) is 31.3 Å². The molecule has 0 fully saturated rings. The smallest absolute Gasteiger partial charge is 0.271 e. The molecule has 26 heavy (non-hydrogen) atoms. The van der Waals surface area contributed by atoms with Crippen molar-refractivity contribution in [2.45, 2.75) is 6.54 Å². The zero-order chi connectivity index (χ0) is 18.4. The van der Waals surface area contributed by atoms with Crippen molar-refractivity contribution in [1.82, 2.24) is 25.1 Å². The highest BCUT2D eigenvalue weighted by Crippen LogP contribution is 2.22. The highest BCUT2D eigenvalue weighted by Gasteiger charge is 2.12. The molecule has 0 saturated heterocycles. The standard InChI is InChI=1S/C17H19N5O3S/c1-22-10-13(9-20-22)17-21-14(11-26-17)16(23)19-8-12-3-4-15(18-7-12)25-6-5-24-2/h3-4,7,9-11H,5-6,8H2,1-2H3,(H,19,23). The Kier molecular flexibility index (Phi) is 5.92. The zero-order valence-corrected chi connectivity index (χ0v) is 15.3.